The van der Waals surface area contributed by atoms with Gasteiger partial charge in [0.25, 0.3) is 0 Å². The fourth-order valence-corrected chi connectivity index (χ4v) is 2.44. The monoisotopic (exact) mass is 247 g/mol. The summed E-state index contributed by atoms with van der Waals surface area (Å²) < 4.78 is 0. The molecule has 98 valence electrons. The van der Waals surface area contributed by atoms with Crippen LogP contribution in [0.4, 0.5) is 5.69 Å². The Morgan fingerprint density at radius 3 is 3.11 bits per heavy atom. The van der Waals surface area contributed by atoms with Gasteiger partial charge in [0.05, 0.1) is 0 Å². The number of hydrogen-bond acceptors (Lipinski definition) is 3. The Kier molecular flexibility index (Phi) is 4.20. The van der Waals surface area contributed by atoms with Gasteiger partial charge in [-0.15, -0.1) is 0 Å². The van der Waals surface area contributed by atoms with E-state index < -0.39 is 0 Å². The maximum atomic E-state index is 11.2. The van der Waals surface area contributed by atoms with Crippen molar-refractivity contribution in [1.29, 1.82) is 0 Å². The van der Waals surface area contributed by atoms with Crippen LogP contribution >= 0.6 is 0 Å². The molecular formula is C14H21N3O. The maximum absolute atomic E-state index is 11.2. The van der Waals surface area contributed by atoms with Crippen molar-refractivity contribution in [2.45, 2.75) is 25.8 Å². The van der Waals surface area contributed by atoms with Crippen LogP contribution in [0.5, 0.6) is 0 Å². The Bertz CT molecular complexity index is 431. The summed E-state index contributed by atoms with van der Waals surface area (Å²) in [6.07, 6.45) is 2.56. The van der Waals surface area contributed by atoms with Gasteiger partial charge in [-0.2, -0.15) is 0 Å². The molecule has 0 unspecified atom stereocenters. The molecule has 2 rings (SSSR count). The number of benzene rings is 1. The van der Waals surface area contributed by atoms with Gasteiger partial charge >= 0.3 is 0 Å². The lowest BCUT2D eigenvalue weighted by Crippen LogP contribution is -2.32. The second-order valence-electron chi connectivity index (χ2n) is 4.79. The van der Waals surface area contributed by atoms with Crippen LogP contribution in [0, 0.1) is 0 Å². The molecule has 1 amide bonds. The number of anilines is 1. The number of nitrogens with two attached hydrogens (primary N) is 1. The van der Waals surface area contributed by atoms with Crippen LogP contribution in [-0.2, 0) is 17.8 Å². The standard InChI is InChI=1S/C14H21N3O/c1-16-14(18)6-3-8-17-9-7-11-4-2-5-13(15)12(11)10-17/h2,4-5H,3,6-10,15H2,1H3,(H,16,18). The maximum Gasteiger partial charge on any atom is 0.219 e. The minimum atomic E-state index is 0.118. The number of nitrogens with one attached hydrogen (secondary N) is 1. The molecule has 1 aliphatic rings. The van der Waals surface area contributed by atoms with Gasteiger partial charge in [0.1, 0.15) is 0 Å². The number of carbonyl (C=O) groups excluding carboxylic acids is 1. The molecule has 1 heterocycles. The number of hydrogen-bond donors (Lipinski definition) is 2. The fourth-order valence-electron chi connectivity index (χ4n) is 2.44. The highest BCUT2D eigenvalue weighted by molar-refractivity contribution is 5.75. The molecule has 4 nitrogen and oxygen atoms in total. The number of rotatable bonds is 4. The first-order valence-electron chi connectivity index (χ1n) is 6.50. The molecular weight excluding hydrogens is 226 g/mol. The molecule has 0 saturated carbocycles. The van der Waals surface area contributed by atoms with Crippen LogP contribution in [0.2, 0.25) is 0 Å². The summed E-state index contributed by atoms with van der Waals surface area (Å²) >= 11 is 0. The van der Waals surface area contributed by atoms with Crippen molar-refractivity contribution in [3.05, 3.63) is 29.3 Å². The molecule has 1 aromatic carbocycles. The molecule has 0 atom stereocenters. The van der Waals surface area contributed by atoms with Crippen LogP contribution < -0.4 is 11.1 Å². The lowest BCUT2D eigenvalue weighted by Gasteiger charge is -2.29. The zero-order valence-electron chi connectivity index (χ0n) is 10.9. The third kappa shape index (κ3) is 3.01. The largest absolute Gasteiger partial charge is 0.398 e. The van der Waals surface area contributed by atoms with E-state index in [4.69, 9.17) is 5.73 Å². The van der Waals surface area contributed by atoms with Gasteiger partial charge in [0.15, 0.2) is 0 Å². The Balaban J connectivity index is 1.88. The van der Waals surface area contributed by atoms with Crippen LogP contribution in [-0.4, -0.2) is 30.9 Å². The van der Waals surface area contributed by atoms with Crippen molar-refractivity contribution in [2.24, 2.45) is 0 Å². The van der Waals surface area contributed by atoms with Gasteiger partial charge in [-0.1, -0.05) is 12.1 Å². The highest BCUT2D eigenvalue weighted by atomic mass is 16.1. The third-order valence-electron chi connectivity index (χ3n) is 3.55. The minimum absolute atomic E-state index is 0.118. The van der Waals surface area contributed by atoms with Crippen LogP contribution in [0.25, 0.3) is 0 Å². The molecule has 1 aliphatic heterocycles. The van der Waals surface area contributed by atoms with Crippen molar-refractivity contribution in [2.75, 3.05) is 25.9 Å². The van der Waals surface area contributed by atoms with Crippen molar-refractivity contribution in [3.63, 3.8) is 0 Å². The van der Waals surface area contributed by atoms with E-state index in [9.17, 15) is 4.79 Å². The lowest BCUT2D eigenvalue weighted by molar-refractivity contribution is -0.120. The third-order valence-corrected chi connectivity index (χ3v) is 3.55. The molecule has 3 N–H and O–H groups in total. The van der Waals surface area contributed by atoms with Gasteiger partial charge < -0.3 is 11.1 Å². The molecule has 0 radical (unpaired) electrons. The average Bonchev–Trinajstić information content (AvgIpc) is 2.39. The van der Waals surface area contributed by atoms with E-state index in [1.54, 1.807) is 7.05 Å². The Hall–Kier alpha value is -1.55. The van der Waals surface area contributed by atoms with Crippen LogP contribution in [0.3, 0.4) is 0 Å². The fraction of sp³-hybridized carbons (Fsp3) is 0.500. The van der Waals surface area contributed by atoms with Gasteiger partial charge in [-0.05, 0) is 36.6 Å². The Morgan fingerprint density at radius 1 is 1.50 bits per heavy atom. The molecule has 0 spiro atoms. The van der Waals surface area contributed by atoms with Crippen molar-refractivity contribution in [3.8, 4) is 0 Å². The van der Waals surface area contributed by atoms with Gasteiger partial charge in [0.2, 0.25) is 5.91 Å². The number of nitrogen functional groups attached to an aromatic ring is 1. The summed E-state index contributed by atoms with van der Waals surface area (Å²) in [5, 5.41) is 2.65. The Labute approximate surface area is 108 Å². The van der Waals surface area contributed by atoms with E-state index in [0.717, 1.165) is 38.2 Å². The normalized spacial score (nSPS) is 15.2. The topological polar surface area (TPSA) is 58.4 Å². The van der Waals surface area contributed by atoms with E-state index in [-0.39, 0.29) is 5.91 Å². The van der Waals surface area contributed by atoms with E-state index in [2.05, 4.69) is 16.3 Å². The summed E-state index contributed by atoms with van der Waals surface area (Å²) in [7, 11) is 1.68. The quantitative estimate of drug-likeness (QED) is 0.785. The van der Waals surface area contributed by atoms with Gasteiger partial charge in [-0.25, -0.2) is 0 Å². The van der Waals surface area contributed by atoms with Crippen molar-refractivity contribution < 1.29 is 4.79 Å². The van der Waals surface area contributed by atoms with Gasteiger partial charge in [0, 0.05) is 32.2 Å². The first kappa shape index (κ1) is 12.9. The predicted molar refractivity (Wildman–Crippen MR) is 73.1 cm³/mol. The second-order valence-corrected chi connectivity index (χ2v) is 4.79. The highest BCUT2D eigenvalue weighted by Gasteiger charge is 2.17. The Morgan fingerprint density at radius 2 is 2.33 bits per heavy atom. The van der Waals surface area contributed by atoms with Crippen LogP contribution in [0.15, 0.2) is 18.2 Å². The molecule has 0 fully saturated rings. The lowest BCUT2D eigenvalue weighted by atomic mass is 9.98. The summed E-state index contributed by atoms with van der Waals surface area (Å²) in [4.78, 5) is 13.5. The van der Waals surface area contributed by atoms with E-state index >= 15 is 0 Å². The number of amides is 1. The molecule has 0 aliphatic carbocycles. The zero-order chi connectivity index (χ0) is 13.0. The summed E-state index contributed by atoms with van der Waals surface area (Å²) in [6.45, 7) is 2.93. The molecule has 18 heavy (non-hydrogen) atoms. The predicted octanol–water partition coefficient (Wildman–Crippen LogP) is 1.15. The van der Waals surface area contributed by atoms with Crippen molar-refractivity contribution >= 4 is 11.6 Å². The first-order valence-corrected chi connectivity index (χ1v) is 6.50. The van der Waals surface area contributed by atoms with E-state index in [1.165, 1.54) is 11.1 Å². The molecule has 0 aromatic heterocycles. The summed E-state index contributed by atoms with van der Waals surface area (Å²) in [6, 6.07) is 6.15. The molecule has 0 bridgehead atoms. The molecule has 4 heteroatoms. The first-order chi connectivity index (χ1) is 8.70. The second kappa shape index (κ2) is 5.87. The zero-order valence-corrected chi connectivity index (χ0v) is 10.9. The summed E-state index contributed by atoms with van der Waals surface area (Å²) in [5.74, 6) is 0.118. The summed E-state index contributed by atoms with van der Waals surface area (Å²) in [5.41, 5.74) is 9.54. The van der Waals surface area contributed by atoms with Crippen LogP contribution in [0.1, 0.15) is 24.0 Å². The number of nitrogens with zero attached hydrogens (tertiary/aromatic N) is 1. The smallest absolute Gasteiger partial charge is 0.219 e. The minimum Gasteiger partial charge on any atom is -0.398 e. The van der Waals surface area contributed by atoms with Crippen molar-refractivity contribution in [1.82, 2.24) is 10.2 Å². The number of fused-ring (bicyclic) bond motifs is 1. The SMILES string of the molecule is CNC(=O)CCCN1CCc2cccc(N)c2C1. The highest BCUT2D eigenvalue weighted by Crippen LogP contribution is 2.24. The van der Waals surface area contributed by atoms with Gasteiger partial charge in [-0.3, -0.25) is 9.69 Å². The van der Waals surface area contributed by atoms with E-state index in [0.29, 0.717) is 6.42 Å². The molecule has 1 aromatic rings. The molecule has 0 saturated heterocycles. The number of carbonyl (C=O) groups is 1. The van der Waals surface area contributed by atoms with E-state index in [1.807, 2.05) is 12.1 Å². The average molecular weight is 247 g/mol.